The molecule has 1 fully saturated rings. The zero-order valence-corrected chi connectivity index (χ0v) is 21.5. The predicted octanol–water partition coefficient (Wildman–Crippen LogP) is 4.89. The number of nitrogens with zero attached hydrogens (tertiary/aromatic N) is 2. The van der Waals surface area contributed by atoms with Gasteiger partial charge in [0.1, 0.15) is 0 Å². The van der Waals surface area contributed by atoms with Gasteiger partial charge in [-0.1, -0.05) is 38.1 Å². The van der Waals surface area contributed by atoms with Gasteiger partial charge >= 0.3 is 24.3 Å². The van der Waals surface area contributed by atoms with E-state index >= 15 is 0 Å². The molecule has 2 heterocycles. The van der Waals surface area contributed by atoms with Crippen molar-refractivity contribution in [3.63, 3.8) is 0 Å². The molecule has 2 aliphatic rings. The maximum atomic E-state index is 12.7. The van der Waals surface area contributed by atoms with Gasteiger partial charge in [-0.2, -0.15) is 26.3 Å². The summed E-state index contributed by atoms with van der Waals surface area (Å²) < 4.78 is 63.5. The van der Waals surface area contributed by atoms with E-state index in [2.05, 4.69) is 53.3 Å². The number of carbonyl (C=O) groups is 3. The highest BCUT2D eigenvalue weighted by atomic mass is 19.4. The molecule has 40 heavy (non-hydrogen) atoms. The lowest BCUT2D eigenvalue weighted by atomic mass is 9.94. The molecule has 4 rings (SSSR count). The minimum Gasteiger partial charge on any atom is -0.475 e. The minimum absolute atomic E-state index is 0.00603. The molecule has 0 spiro atoms. The van der Waals surface area contributed by atoms with E-state index in [-0.39, 0.29) is 11.9 Å². The normalized spacial score (nSPS) is 19.9. The molecule has 1 aliphatic carbocycles. The first kappa shape index (κ1) is 32.5. The summed E-state index contributed by atoms with van der Waals surface area (Å²) in [6.45, 7) is 7.88. The van der Waals surface area contributed by atoms with Crippen molar-refractivity contribution in [1.29, 1.82) is 0 Å². The lowest BCUT2D eigenvalue weighted by molar-refractivity contribution is -0.193. The summed E-state index contributed by atoms with van der Waals surface area (Å²) in [7, 11) is 0. The van der Waals surface area contributed by atoms with Crippen LogP contribution in [-0.4, -0.2) is 69.9 Å². The summed E-state index contributed by atoms with van der Waals surface area (Å²) in [4.78, 5) is 37.1. The highest BCUT2D eigenvalue weighted by Gasteiger charge is 2.46. The first-order chi connectivity index (χ1) is 18.5. The number of amides is 1. The Morgan fingerprint density at radius 3 is 1.90 bits per heavy atom. The number of carboxylic acid groups (broad SMARTS) is 2. The topological polar surface area (TPSA) is 120 Å². The van der Waals surface area contributed by atoms with Gasteiger partial charge in [-0.25, -0.2) is 9.59 Å². The number of alkyl halides is 6. The Morgan fingerprint density at radius 1 is 0.925 bits per heavy atom. The van der Waals surface area contributed by atoms with Crippen molar-refractivity contribution in [3.8, 4) is 0 Å². The Hall–Kier alpha value is -3.68. The van der Waals surface area contributed by atoms with E-state index in [1.807, 2.05) is 0 Å². The number of halogens is 6. The third-order valence-electron chi connectivity index (χ3n) is 6.34. The van der Waals surface area contributed by atoms with Crippen LogP contribution in [0.15, 0.2) is 48.8 Å². The van der Waals surface area contributed by atoms with Crippen LogP contribution in [0, 0.1) is 11.8 Å². The molecule has 1 saturated heterocycles. The number of nitrogens with one attached hydrogen (secondary N) is 1. The van der Waals surface area contributed by atoms with Crippen LogP contribution in [-0.2, 0) is 9.59 Å². The van der Waals surface area contributed by atoms with Crippen molar-refractivity contribution in [1.82, 2.24) is 15.2 Å². The van der Waals surface area contributed by atoms with Crippen LogP contribution in [0.1, 0.15) is 53.7 Å². The third-order valence-corrected chi connectivity index (χ3v) is 6.34. The van der Waals surface area contributed by atoms with E-state index in [9.17, 15) is 31.1 Å². The molecule has 1 aliphatic heterocycles. The Bertz CT molecular complexity index is 1130. The number of aliphatic carboxylic acids is 2. The summed E-state index contributed by atoms with van der Waals surface area (Å²) in [6, 6.07) is 12.3. The zero-order valence-electron chi connectivity index (χ0n) is 21.5. The maximum Gasteiger partial charge on any atom is 0.490 e. The average Bonchev–Trinajstić information content (AvgIpc) is 3.41. The van der Waals surface area contributed by atoms with Gasteiger partial charge in [0, 0.05) is 42.9 Å². The number of benzene rings is 1. The van der Waals surface area contributed by atoms with Gasteiger partial charge < -0.3 is 20.4 Å². The molecule has 2 aromatic rings. The number of likely N-dealkylation sites (tertiary alicyclic amines) is 1. The van der Waals surface area contributed by atoms with E-state index in [0.29, 0.717) is 17.4 Å². The molecule has 0 saturated carbocycles. The zero-order chi connectivity index (χ0) is 30.3. The fourth-order valence-electron chi connectivity index (χ4n) is 4.48. The number of rotatable bonds is 5. The predicted molar refractivity (Wildman–Crippen MR) is 130 cm³/mol. The van der Waals surface area contributed by atoms with E-state index in [1.54, 1.807) is 24.5 Å². The standard InChI is InChI=1S/C22H27N3O.2C2HF3O2/c1-15(2)9-12-25-13-19-17-5-3-4-6-18(17)21(20(19)14-25)24-22(26)16-7-10-23-11-8-16;2*3-2(4,5)1(6)7/h3-8,10-11,15,19-21H,9,12-14H2,1-2H3,(H,24,26);2*(H,6,7)/t19-,20-,21+;;/m0../s1. The molecule has 220 valence electrons. The smallest absolute Gasteiger partial charge is 0.475 e. The summed E-state index contributed by atoms with van der Waals surface area (Å²) in [6.07, 6.45) is -5.60. The van der Waals surface area contributed by atoms with Crippen LogP contribution in [0.4, 0.5) is 26.3 Å². The largest absolute Gasteiger partial charge is 0.490 e. The number of aromatic nitrogens is 1. The second kappa shape index (κ2) is 13.6. The summed E-state index contributed by atoms with van der Waals surface area (Å²) in [5, 5.41) is 17.6. The number of carbonyl (C=O) groups excluding carboxylic acids is 1. The van der Waals surface area contributed by atoms with Crippen molar-refractivity contribution in [2.24, 2.45) is 11.8 Å². The Morgan fingerprint density at radius 2 is 1.43 bits per heavy atom. The van der Waals surface area contributed by atoms with Crippen molar-refractivity contribution in [3.05, 3.63) is 65.5 Å². The molecule has 0 bridgehead atoms. The number of carboxylic acids is 2. The number of fused-ring (bicyclic) bond motifs is 3. The average molecular weight is 578 g/mol. The molecule has 1 aromatic heterocycles. The molecule has 1 aromatic carbocycles. The van der Waals surface area contributed by atoms with Crippen LogP contribution in [0.25, 0.3) is 0 Å². The molecule has 0 radical (unpaired) electrons. The highest BCUT2D eigenvalue weighted by Crippen LogP contribution is 2.49. The molecule has 0 unspecified atom stereocenters. The van der Waals surface area contributed by atoms with Crippen LogP contribution in [0.3, 0.4) is 0 Å². The number of pyridine rings is 1. The van der Waals surface area contributed by atoms with Crippen molar-refractivity contribution in [2.75, 3.05) is 19.6 Å². The first-order valence-corrected chi connectivity index (χ1v) is 12.1. The lowest BCUT2D eigenvalue weighted by Crippen LogP contribution is -2.34. The first-order valence-electron chi connectivity index (χ1n) is 12.1. The van der Waals surface area contributed by atoms with Crippen molar-refractivity contribution >= 4 is 17.8 Å². The molecular formula is C26H29F6N3O5. The second-order valence-corrected chi connectivity index (χ2v) is 9.63. The quantitative estimate of drug-likeness (QED) is 0.433. The van der Waals surface area contributed by atoms with Gasteiger partial charge in [-0.15, -0.1) is 0 Å². The number of hydrogen-bond donors (Lipinski definition) is 3. The molecule has 3 N–H and O–H groups in total. The van der Waals surface area contributed by atoms with Gasteiger partial charge in [0.15, 0.2) is 0 Å². The number of hydrogen-bond acceptors (Lipinski definition) is 5. The summed E-state index contributed by atoms with van der Waals surface area (Å²) in [5.41, 5.74) is 3.40. The molecular weight excluding hydrogens is 548 g/mol. The molecule has 3 atom stereocenters. The van der Waals surface area contributed by atoms with E-state index in [4.69, 9.17) is 19.8 Å². The highest BCUT2D eigenvalue weighted by molar-refractivity contribution is 5.94. The maximum absolute atomic E-state index is 12.7. The van der Waals surface area contributed by atoms with Crippen molar-refractivity contribution < 1.29 is 50.9 Å². The van der Waals surface area contributed by atoms with E-state index in [1.165, 1.54) is 17.5 Å². The fourth-order valence-corrected chi connectivity index (χ4v) is 4.48. The van der Waals surface area contributed by atoms with Gasteiger partial charge in [-0.05, 0) is 42.1 Å². The molecule has 14 heteroatoms. The van der Waals surface area contributed by atoms with Gasteiger partial charge in [-0.3, -0.25) is 9.78 Å². The summed E-state index contributed by atoms with van der Waals surface area (Å²) in [5.74, 6) is -3.80. The monoisotopic (exact) mass is 577 g/mol. The van der Waals surface area contributed by atoms with E-state index < -0.39 is 24.3 Å². The van der Waals surface area contributed by atoms with Crippen molar-refractivity contribution in [2.45, 2.75) is 44.6 Å². The van der Waals surface area contributed by atoms with E-state index in [0.717, 1.165) is 25.6 Å². The minimum atomic E-state index is -5.08. The fraction of sp³-hybridized carbons (Fsp3) is 0.462. The molecule has 1 amide bonds. The van der Waals surface area contributed by atoms with Crippen LogP contribution in [0.2, 0.25) is 0 Å². The van der Waals surface area contributed by atoms with Crippen LogP contribution in [0.5, 0.6) is 0 Å². The Kier molecular flexibility index (Phi) is 11.1. The summed E-state index contributed by atoms with van der Waals surface area (Å²) >= 11 is 0. The van der Waals surface area contributed by atoms with Crippen LogP contribution < -0.4 is 5.32 Å². The van der Waals surface area contributed by atoms with Gasteiger partial charge in [0.25, 0.3) is 5.91 Å². The van der Waals surface area contributed by atoms with Crippen LogP contribution >= 0.6 is 0 Å². The lowest BCUT2D eigenvalue weighted by Gasteiger charge is -2.23. The third kappa shape index (κ3) is 9.21. The molecule has 8 nitrogen and oxygen atoms in total. The van der Waals surface area contributed by atoms with Gasteiger partial charge in [0.05, 0.1) is 6.04 Å². The van der Waals surface area contributed by atoms with Gasteiger partial charge in [0.2, 0.25) is 0 Å². The SMILES string of the molecule is CC(C)CCN1C[C@@H]2[C@H](NC(=O)c3ccncc3)c3ccccc3[C@@H]2C1.O=C(O)C(F)(F)F.O=C(O)C(F)(F)F. The Balaban J connectivity index is 0.000000333. The second-order valence-electron chi connectivity index (χ2n) is 9.63. The Labute approximate surface area is 226 Å².